The minimum Gasteiger partial charge on any atom is -0.393 e. The number of nitrogens with zero attached hydrogens (tertiary/aromatic N) is 3. The fraction of sp³-hybridized carbons (Fsp3) is 0.607. The number of anilines is 1. The fourth-order valence-corrected chi connectivity index (χ4v) is 3.61. The molecule has 2 heterocycles. The van der Waals surface area contributed by atoms with Crippen LogP contribution in [0.1, 0.15) is 99.7 Å². The Hall–Kier alpha value is -2.47. The van der Waals surface area contributed by atoms with Crippen molar-refractivity contribution < 1.29 is 5.11 Å². The van der Waals surface area contributed by atoms with Crippen molar-refractivity contribution in [3.8, 4) is 0 Å². The van der Waals surface area contributed by atoms with E-state index in [1.165, 1.54) is 0 Å². The van der Waals surface area contributed by atoms with Crippen LogP contribution >= 0.6 is 0 Å². The highest BCUT2D eigenvalue weighted by Crippen LogP contribution is 2.25. The average molecular weight is 473 g/mol. The number of fused-ring (bicyclic) bond motifs is 1. The molecule has 0 amide bonds. The maximum atomic E-state index is 12.8. The van der Waals surface area contributed by atoms with Gasteiger partial charge >= 0.3 is 0 Å². The van der Waals surface area contributed by atoms with E-state index in [1.54, 1.807) is 10.8 Å². The van der Waals surface area contributed by atoms with Crippen LogP contribution in [0.5, 0.6) is 0 Å². The molecule has 1 aliphatic rings. The van der Waals surface area contributed by atoms with Crippen molar-refractivity contribution in [2.45, 2.75) is 113 Å². The first kappa shape index (κ1) is 31.5. The van der Waals surface area contributed by atoms with Gasteiger partial charge in [-0.25, -0.2) is 4.98 Å². The topological polar surface area (TPSA) is 79.5 Å². The van der Waals surface area contributed by atoms with Gasteiger partial charge in [-0.2, -0.15) is 0 Å². The third-order valence-electron chi connectivity index (χ3n) is 5.39. The molecule has 0 aromatic carbocycles. The summed E-state index contributed by atoms with van der Waals surface area (Å²) in [5, 5.41) is 14.7. The highest BCUT2D eigenvalue weighted by atomic mass is 16.3. The summed E-state index contributed by atoms with van der Waals surface area (Å²) in [4.78, 5) is 21.4. The van der Waals surface area contributed by atoms with E-state index in [4.69, 9.17) is 0 Å². The second-order valence-corrected chi connectivity index (χ2v) is 8.17. The van der Waals surface area contributed by atoms with E-state index in [2.05, 4.69) is 15.3 Å². The van der Waals surface area contributed by atoms with Gasteiger partial charge in [0.05, 0.1) is 11.5 Å². The molecule has 2 N–H and O–H groups in total. The molecule has 0 bridgehead atoms. The van der Waals surface area contributed by atoms with E-state index in [1.807, 2.05) is 93.6 Å². The predicted octanol–water partition coefficient (Wildman–Crippen LogP) is 7.05. The number of nitrogens with one attached hydrogen (secondary N) is 1. The van der Waals surface area contributed by atoms with E-state index >= 15 is 0 Å². The smallest absolute Gasteiger partial charge is 0.262 e. The molecule has 0 spiro atoms. The van der Waals surface area contributed by atoms with Crippen molar-refractivity contribution in [3.05, 3.63) is 46.2 Å². The van der Waals surface area contributed by atoms with Gasteiger partial charge in [0.15, 0.2) is 0 Å². The quantitative estimate of drug-likeness (QED) is 0.467. The maximum Gasteiger partial charge on any atom is 0.262 e. The van der Waals surface area contributed by atoms with Crippen molar-refractivity contribution in [2.75, 3.05) is 5.32 Å². The lowest BCUT2D eigenvalue weighted by atomic mass is 9.93. The van der Waals surface area contributed by atoms with E-state index < -0.39 is 0 Å². The number of rotatable bonds is 4. The molecule has 3 rings (SSSR count). The first-order valence-electron chi connectivity index (χ1n) is 12.9. The maximum absolute atomic E-state index is 12.8. The van der Waals surface area contributed by atoms with Crippen LogP contribution in [0, 0.1) is 6.92 Å². The van der Waals surface area contributed by atoms with Crippen LogP contribution < -0.4 is 10.9 Å². The van der Waals surface area contributed by atoms with Gasteiger partial charge < -0.3 is 15.0 Å². The molecule has 192 valence electrons. The number of hydrogen-bond acceptors (Lipinski definition) is 5. The van der Waals surface area contributed by atoms with Crippen molar-refractivity contribution in [1.29, 1.82) is 0 Å². The molecule has 2 aromatic rings. The first-order valence-corrected chi connectivity index (χ1v) is 12.9. The van der Waals surface area contributed by atoms with Gasteiger partial charge in [0, 0.05) is 35.9 Å². The Kier molecular flexibility index (Phi) is 15.8. The number of aromatic nitrogens is 2. The Morgan fingerprint density at radius 1 is 1.18 bits per heavy atom. The summed E-state index contributed by atoms with van der Waals surface area (Å²) in [6.45, 7) is 19.8. The molecular formula is C28H48N4O2. The standard InChI is InChI=1S/C18H25N3O2.C6H11N.2C2H6/c1-11(2)21-9-8-13-10-12(3)19-17(16(13)18(21)23)20-14-4-6-15(22)7-5-14;1-4-6(3)7-5-2;2*1-2/h8-11,14-15,22H,4-7H2,1-3H3,(H,19,20);4-5H,1-3H3;2*1-2H3/b;6-4-,7-5?;;. The molecule has 0 aliphatic heterocycles. The van der Waals surface area contributed by atoms with Crippen LogP contribution in [0.25, 0.3) is 10.8 Å². The third kappa shape index (κ3) is 9.80. The van der Waals surface area contributed by atoms with E-state index in [0.29, 0.717) is 11.2 Å². The molecule has 1 fully saturated rings. The van der Waals surface area contributed by atoms with E-state index in [-0.39, 0.29) is 23.7 Å². The molecule has 1 saturated carbocycles. The zero-order valence-electron chi connectivity index (χ0n) is 23.1. The molecule has 0 unspecified atom stereocenters. The zero-order valence-corrected chi connectivity index (χ0v) is 23.1. The van der Waals surface area contributed by atoms with Gasteiger partial charge in [0.25, 0.3) is 5.56 Å². The van der Waals surface area contributed by atoms with Crippen LogP contribution in [0.4, 0.5) is 5.82 Å². The number of pyridine rings is 2. The second kappa shape index (κ2) is 17.0. The predicted molar refractivity (Wildman–Crippen MR) is 149 cm³/mol. The lowest BCUT2D eigenvalue weighted by molar-refractivity contribution is 0.126. The fourth-order valence-electron chi connectivity index (χ4n) is 3.61. The number of hydrogen-bond donors (Lipinski definition) is 2. The number of aliphatic hydroxyl groups is 1. The average Bonchev–Trinajstić information content (AvgIpc) is 2.83. The summed E-state index contributed by atoms with van der Waals surface area (Å²) in [6, 6.07) is 4.33. The van der Waals surface area contributed by atoms with Crippen LogP contribution in [0.3, 0.4) is 0 Å². The molecular weight excluding hydrogens is 424 g/mol. The summed E-state index contributed by atoms with van der Waals surface area (Å²) in [7, 11) is 0. The first-order chi connectivity index (χ1) is 16.3. The lowest BCUT2D eigenvalue weighted by Gasteiger charge is -2.27. The van der Waals surface area contributed by atoms with E-state index in [0.717, 1.165) is 42.5 Å². The molecule has 6 heteroatoms. The molecule has 6 nitrogen and oxygen atoms in total. The van der Waals surface area contributed by atoms with Crippen molar-refractivity contribution in [1.82, 2.24) is 9.55 Å². The minimum atomic E-state index is -0.187. The van der Waals surface area contributed by atoms with Crippen molar-refractivity contribution in [3.63, 3.8) is 0 Å². The largest absolute Gasteiger partial charge is 0.393 e. The monoisotopic (exact) mass is 472 g/mol. The normalized spacial score (nSPS) is 17.8. The van der Waals surface area contributed by atoms with Crippen molar-refractivity contribution in [2.24, 2.45) is 4.99 Å². The zero-order chi connectivity index (χ0) is 26.3. The van der Waals surface area contributed by atoms with Gasteiger partial charge in [0.2, 0.25) is 0 Å². The number of aliphatic hydroxyl groups excluding tert-OH is 1. The summed E-state index contributed by atoms with van der Waals surface area (Å²) >= 11 is 0. The van der Waals surface area contributed by atoms with Gasteiger partial charge in [0.1, 0.15) is 5.82 Å². The van der Waals surface area contributed by atoms with Gasteiger partial charge in [-0.05, 0) is 84.7 Å². The molecule has 0 saturated heterocycles. The van der Waals surface area contributed by atoms with Gasteiger partial charge in [-0.3, -0.25) is 9.79 Å². The Morgan fingerprint density at radius 3 is 2.24 bits per heavy atom. The van der Waals surface area contributed by atoms with Crippen LogP contribution in [0.15, 0.2) is 39.9 Å². The number of allylic oxidation sites excluding steroid dienone is 2. The Labute approximate surface area is 207 Å². The lowest BCUT2D eigenvalue weighted by Crippen LogP contribution is -2.30. The molecule has 0 atom stereocenters. The Balaban J connectivity index is 0.000000844. The summed E-state index contributed by atoms with van der Waals surface area (Å²) < 4.78 is 1.75. The highest BCUT2D eigenvalue weighted by Gasteiger charge is 2.21. The molecule has 0 radical (unpaired) electrons. The van der Waals surface area contributed by atoms with Crippen LogP contribution in [-0.4, -0.2) is 33.0 Å². The number of aryl methyl sites for hydroxylation is 1. The highest BCUT2D eigenvalue weighted by molar-refractivity contribution is 5.91. The van der Waals surface area contributed by atoms with Crippen LogP contribution in [-0.2, 0) is 0 Å². The minimum absolute atomic E-state index is 0.00310. The summed E-state index contributed by atoms with van der Waals surface area (Å²) in [6.07, 6.45) is 8.85. The van der Waals surface area contributed by atoms with Gasteiger partial charge in [-0.15, -0.1) is 0 Å². The van der Waals surface area contributed by atoms with E-state index in [9.17, 15) is 9.90 Å². The molecule has 1 aliphatic carbocycles. The Morgan fingerprint density at radius 2 is 1.76 bits per heavy atom. The third-order valence-corrected chi connectivity index (χ3v) is 5.39. The van der Waals surface area contributed by atoms with Crippen molar-refractivity contribution >= 4 is 22.8 Å². The molecule has 34 heavy (non-hydrogen) atoms. The SMILES string of the molecule is CC.CC.CC=N/C(C)=C\C.Cc1cc2ccn(C(C)C)c(=O)c2c(NC2CCC(O)CC2)n1. The van der Waals surface area contributed by atoms with Crippen LogP contribution in [0.2, 0.25) is 0 Å². The summed E-state index contributed by atoms with van der Waals surface area (Å²) in [5.41, 5.74) is 1.98. The number of aliphatic imine (C=N–C) groups is 1. The Bertz CT molecular complexity index is 953. The molecule has 2 aromatic heterocycles. The summed E-state index contributed by atoms with van der Waals surface area (Å²) in [5.74, 6) is 0.682. The second-order valence-electron chi connectivity index (χ2n) is 8.17. The van der Waals surface area contributed by atoms with Gasteiger partial charge in [-0.1, -0.05) is 33.8 Å².